The highest BCUT2D eigenvalue weighted by Gasteiger charge is 2.21. The van der Waals surface area contributed by atoms with Crippen LogP contribution in [0.1, 0.15) is 32.6 Å². The fourth-order valence-corrected chi connectivity index (χ4v) is 2.24. The molecule has 1 aromatic rings. The molecule has 1 unspecified atom stereocenters. The Morgan fingerprint density at radius 2 is 2.10 bits per heavy atom. The van der Waals surface area contributed by atoms with E-state index < -0.39 is 5.97 Å². The molecule has 1 atom stereocenters. The second-order valence-corrected chi connectivity index (χ2v) is 5.00. The summed E-state index contributed by atoms with van der Waals surface area (Å²) in [6.07, 6.45) is 1.95. The summed E-state index contributed by atoms with van der Waals surface area (Å²) in [6.45, 7) is 2.62. The van der Waals surface area contributed by atoms with E-state index in [4.69, 9.17) is 9.84 Å². The summed E-state index contributed by atoms with van der Waals surface area (Å²) in [5.74, 6) is 0.0372. The third-order valence-electron chi connectivity index (χ3n) is 3.32. The lowest BCUT2D eigenvalue weighted by Gasteiger charge is -2.17. The predicted octanol–water partition coefficient (Wildman–Crippen LogP) is 2.45. The highest BCUT2D eigenvalue weighted by molar-refractivity contribution is 5.95. The molecule has 1 N–H and O–H groups in total. The van der Waals surface area contributed by atoms with Crippen LogP contribution >= 0.6 is 0 Å². The molecule has 5 heteroatoms. The maximum Gasteiger partial charge on any atom is 0.303 e. The van der Waals surface area contributed by atoms with Crippen molar-refractivity contribution in [2.75, 3.05) is 11.4 Å². The van der Waals surface area contributed by atoms with Crippen LogP contribution < -0.4 is 9.64 Å². The van der Waals surface area contributed by atoms with Crippen molar-refractivity contribution in [2.24, 2.45) is 0 Å². The van der Waals surface area contributed by atoms with E-state index in [1.54, 1.807) is 4.90 Å². The van der Waals surface area contributed by atoms with E-state index >= 15 is 0 Å². The van der Waals surface area contributed by atoms with Crippen molar-refractivity contribution in [3.8, 4) is 5.75 Å². The number of ether oxygens (including phenoxy) is 1. The van der Waals surface area contributed by atoms with Crippen LogP contribution in [0.5, 0.6) is 5.75 Å². The molecule has 20 heavy (non-hydrogen) atoms. The average Bonchev–Trinajstić information content (AvgIpc) is 2.84. The Bertz CT molecular complexity index is 483. The van der Waals surface area contributed by atoms with Gasteiger partial charge in [-0.05, 0) is 44.0 Å². The minimum atomic E-state index is -0.816. The largest absolute Gasteiger partial charge is 0.491 e. The third kappa shape index (κ3) is 3.73. The fraction of sp³-hybridized carbons (Fsp3) is 0.467. The number of hydrogen-bond donors (Lipinski definition) is 1. The van der Waals surface area contributed by atoms with Gasteiger partial charge >= 0.3 is 5.97 Å². The Hall–Kier alpha value is -2.04. The number of hydrogen-bond acceptors (Lipinski definition) is 3. The third-order valence-corrected chi connectivity index (χ3v) is 3.32. The minimum absolute atomic E-state index is 0.0987. The quantitative estimate of drug-likeness (QED) is 0.867. The molecule has 1 aliphatic rings. The van der Waals surface area contributed by atoms with Gasteiger partial charge in [0.1, 0.15) is 5.75 Å². The zero-order chi connectivity index (χ0) is 14.5. The summed E-state index contributed by atoms with van der Waals surface area (Å²) in [5.41, 5.74) is 0.887. The molecule has 108 valence electrons. The lowest BCUT2D eigenvalue weighted by atomic mass is 10.2. The number of carbonyl (C=O) groups excluding carboxylic acids is 1. The van der Waals surface area contributed by atoms with Crippen molar-refractivity contribution < 1.29 is 19.4 Å². The molecule has 1 amide bonds. The van der Waals surface area contributed by atoms with Crippen LogP contribution in [0, 0.1) is 0 Å². The van der Waals surface area contributed by atoms with Crippen LogP contribution in [0.3, 0.4) is 0 Å². The van der Waals surface area contributed by atoms with Crippen LogP contribution in [-0.4, -0.2) is 29.6 Å². The molecular formula is C15H19NO4. The van der Waals surface area contributed by atoms with Gasteiger partial charge in [0.05, 0.1) is 6.10 Å². The number of carboxylic acids is 1. The molecule has 5 nitrogen and oxygen atoms in total. The van der Waals surface area contributed by atoms with Gasteiger partial charge in [-0.2, -0.15) is 0 Å². The molecule has 0 spiro atoms. The first kappa shape index (κ1) is 14.4. The van der Waals surface area contributed by atoms with E-state index in [0.717, 1.165) is 18.7 Å². The van der Waals surface area contributed by atoms with E-state index in [9.17, 15) is 9.59 Å². The fourth-order valence-electron chi connectivity index (χ4n) is 2.24. The van der Waals surface area contributed by atoms with Crippen molar-refractivity contribution in [1.82, 2.24) is 0 Å². The monoisotopic (exact) mass is 277 g/mol. The van der Waals surface area contributed by atoms with Gasteiger partial charge in [-0.1, -0.05) is 0 Å². The predicted molar refractivity (Wildman–Crippen MR) is 75.0 cm³/mol. The van der Waals surface area contributed by atoms with Gasteiger partial charge in [-0.25, -0.2) is 0 Å². The van der Waals surface area contributed by atoms with Crippen LogP contribution in [0.25, 0.3) is 0 Å². The summed E-state index contributed by atoms with van der Waals surface area (Å²) in [5, 5.41) is 8.62. The standard InChI is InChI=1S/C15H19NO4/c1-11(4-9-15(18)19)20-13-7-5-12(6-8-13)16-10-2-3-14(16)17/h5-8,11H,2-4,9-10H2,1H3,(H,18,19). The molecule has 0 saturated carbocycles. The molecule has 1 aromatic carbocycles. The van der Waals surface area contributed by atoms with Gasteiger partial charge in [0.25, 0.3) is 0 Å². The maximum absolute atomic E-state index is 11.6. The van der Waals surface area contributed by atoms with Crippen LogP contribution in [-0.2, 0) is 9.59 Å². The van der Waals surface area contributed by atoms with Crippen LogP contribution in [0.15, 0.2) is 24.3 Å². The van der Waals surface area contributed by atoms with Crippen LogP contribution in [0.2, 0.25) is 0 Å². The Morgan fingerprint density at radius 1 is 1.40 bits per heavy atom. The van der Waals surface area contributed by atoms with Crippen molar-refractivity contribution in [2.45, 2.75) is 38.7 Å². The zero-order valence-electron chi connectivity index (χ0n) is 11.5. The summed E-state index contributed by atoms with van der Waals surface area (Å²) >= 11 is 0. The second-order valence-electron chi connectivity index (χ2n) is 5.00. The van der Waals surface area contributed by atoms with Crippen LogP contribution in [0.4, 0.5) is 5.69 Å². The number of anilines is 1. The van der Waals surface area contributed by atoms with Crippen molar-refractivity contribution >= 4 is 17.6 Å². The first-order chi connectivity index (χ1) is 9.56. The molecule has 1 aliphatic heterocycles. The summed E-state index contributed by atoms with van der Waals surface area (Å²) in [4.78, 5) is 23.9. The smallest absolute Gasteiger partial charge is 0.303 e. The van der Waals surface area contributed by atoms with E-state index in [-0.39, 0.29) is 18.4 Å². The topological polar surface area (TPSA) is 66.8 Å². The zero-order valence-corrected chi connectivity index (χ0v) is 11.5. The molecule has 2 rings (SSSR count). The molecule has 0 aromatic heterocycles. The van der Waals surface area contributed by atoms with Gasteiger partial charge in [0.15, 0.2) is 0 Å². The molecular weight excluding hydrogens is 258 g/mol. The second kappa shape index (κ2) is 6.41. The Kier molecular flexibility index (Phi) is 4.61. The van der Waals surface area contributed by atoms with Crippen molar-refractivity contribution in [1.29, 1.82) is 0 Å². The minimum Gasteiger partial charge on any atom is -0.491 e. The molecule has 1 heterocycles. The van der Waals surface area contributed by atoms with E-state index in [1.165, 1.54) is 0 Å². The van der Waals surface area contributed by atoms with Crippen molar-refractivity contribution in [3.05, 3.63) is 24.3 Å². The summed E-state index contributed by atoms with van der Waals surface area (Å²) < 4.78 is 5.64. The molecule has 0 bridgehead atoms. The molecule has 1 fully saturated rings. The number of benzene rings is 1. The SMILES string of the molecule is CC(CCC(=O)O)Oc1ccc(N2CCCC2=O)cc1. The number of carboxylic acid groups (broad SMARTS) is 1. The highest BCUT2D eigenvalue weighted by Crippen LogP contribution is 2.24. The Labute approximate surface area is 118 Å². The average molecular weight is 277 g/mol. The van der Waals surface area contributed by atoms with Gasteiger partial charge in [0, 0.05) is 25.1 Å². The number of amides is 1. The molecule has 1 saturated heterocycles. The Balaban J connectivity index is 1.91. The molecule has 0 radical (unpaired) electrons. The van der Waals surface area contributed by atoms with E-state index in [2.05, 4.69) is 0 Å². The van der Waals surface area contributed by atoms with Gasteiger partial charge in [0.2, 0.25) is 5.91 Å². The van der Waals surface area contributed by atoms with Gasteiger partial charge in [-0.15, -0.1) is 0 Å². The van der Waals surface area contributed by atoms with Gasteiger partial charge in [-0.3, -0.25) is 9.59 Å². The number of nitrogens with zero attached hydrogens (tertiary/aromatic N) is 1. The van der Waals surface area contributed by atoms with E-state index in [1.807, 2.05) is 31.2 Å². The summed E-state index contributed by atoms with van der Waals surface area (Å²) in [6, 6.07) is 7.36. The normalized spacial score (nSPS) is 16.2. The van der Waals surface area contributed by atoms with Crippen molar-refractivity contribution in [3.63, 3.8) is 0 Å². The number of carbonyl (C=O) groups is 2. The highest BCUT2D eigenvalue weighted by atomic mass is 16.5. The Morgan fingerprint density at radius 3 is 2.65 bits per heavy atom. The lowest BCUT2D eigenvalue weighted by molar-refractivity contribution is -0.137. The number of rotatable bonds is 6. The first-order valence-electron chi connectivity index (χ1n) is 6.85. The lowest BCUT2D eigenvalue weighted by Crippen LogP contribution is -2.23. The molecule has 0 aliphatic carbocycles. The number of aliphatic carboxylic acids is 1. The van der Waals surface area contributed by atoms with Gasteiger partial charge < -0.3 is 14.7 Å². The maximum atomic E-state index is 11.6. The van der Waals surface area contributed by atoms with E-state index in [0.29, 0.717) is 18.6 Å². The summed E-state index contributed by atoms with van der Waals surface area (Å²) in [7, 11) is 0. The first-order valence-corrected chi connectivity index (χ1v) is 6.85.